The van der Waals surface area contributed by atoms with Gasteiger partial charge in [0.25, 0.3) is 0 Å². The van der Waals surface area contributed by atoms with Crippen LogP contribution in [-0.4, -0.2) is 169 Å². The van der Waals surface area contributed by atoms with E-state index in [1.807, 2.05) is 55.5 Å². The summed E-state index contributed by atoms with van der Waals surface area (Å²) in [6.45, 7) is 7.15. The molecule has 2 aliphatic heterocycles. The number of carboxylic acids is 3. The fourth-order valence-electron chi connectivity index (χ4n) is 7.94. The Labute approximate surface area is 361 Å². The maximum Gasteiger partial charge on any atom is 0.417 e. The molecule has 0 spiro atoms. The van der Waals surface area contributed by atoms with Gasteiger partial charge in [0.2, 0.25) is 0 Å². The molecule has 0 unspecified atom stereocenters. The smallest absolute Gasteiger partial charge is 0.417 e. The quantitative estimate of drug-likeness (QED) is 0.106. The van der Waals surface area contributed by atoms with Crippen molar-refractivity contribution in [3.63, 3.8) is 0 Å². The lowest BCUT2D eigenvalue weighted by molar-refractivity contribution is -0.140. The Bertz CT molecular complexity index is 1910. The SMILES string of the molecule is Cc1c(/C=C/c2cc(OCCOCCN3CCN(CC(=O)O)CCN(CC(=O)O)CCN(CC(=O)O)CC3)c(CN3CCCCC3)cc2C(F)(F)F)cccc1-c1ccccc1. The van der Waals surface area contributed by atoms with Crippen molar-refractivity contribution in [3.8, 4) is 16.9 Å². The van der Waals surface area contributed by atoms with Crippen LogP contribution in [0.4, 0.5) is 13.2 Å². The average molecular weight is 868 g/mol. The second-order valence-electron chi connectivity index (χ2n) is 15.9. The van der Waals surface area contributed by atoms with E-state index in [0.717, 1.165) is 54.6 Å². The minimum absolute atomic E-state index is 0.000826. The summed E-state index contributed by atoms with van der Waals surface area (Å²) in [5, 5.41) is 28.5. The van der Waals surface area contributed by atoms with E-state index in [4.69, 9.17) is 9.47 Å². The molecule has 16 heteroatoms. The summed E-state index contributed by atoms with van der Waals surface area (Å²) < 4.78 is 56.4. The number of likely N-dealkylation sites (tertiary alicyclic amines) is 1. The summed E-state index contributed by atoms with van der Waals surface area (Å²) in [7, 11) is 0. The first kappa shape index (κ1) is 48.2. The van der Waals surface area contributed by atoms with Gasteiger partial charge in [-0.3, -0.25) is 38.9 Å². The van der Waals surface area contributed by atoms with E-state index in [1.165, 1.54) is 18.2 Å². The van der Waals surface area contributed by atoms with Gasteiger partial charge in [0, 0.05) is 71.0 Å². The summed E-state index contributed by atoms with van der Waals surface area (Å²) in [6.07, 6.45) is 1.68. The highest BCUT2D eigenvalue weighted by Crippen LogP contribution is 2.38. The van der Waals surface area contributed by atoms with E-state index < -0.39 is 29.6 Å². The summed E-state index contributed by atoms with van der Waals surface area (Å²) >= 11 is 0. The van der Waals surface area contributed by atoms with Crippen LogP contribution in [0.5, 0.6) is 5.75 Å². The third-order valence-electron chi connectivity index (χ3n) is 11.3. The van der Waals surface area contributed by atoms with Gasteiger partial charge in [-0.05, 0) is 72.8 Å². The molecule has 3 aromatic rings. The maximum atomic E-state index is 14.7. The number of piperidine rings is 1. The topological polar surface area (TPSA) is 147 Å². The monoisotopic (exact) mass is 867 g/mol. The van der Waals surface area contributed by atoms with Crippen LogP contribution in [0, 0.1) is 6.92 Å². The Morgan fingerprint density at radius 3 is 1.73 bits per heavy atom. The van der Waals surface area contributed by atoms with Crippen molar-refractivity contribution < 1.29 is 52.3 Å². The molecule has 338 valence electrons. The number of carbonyl (C=O) groups is 3. The zero-order chi connectivity index (χ0) is 44.5. The third-order valence-corrected chi connectivity index (χ3v) is 11.3. The lowest BCUT2D eigenvalue weighted by atomic mass is 9.95. The highest BCUT2D eigenvalue weighted by Gasteiger charge is 2.34. The number of ether oxygens (including phenoxy) is 2. The van der Waals surface area contributed by atoms with Gasteiger partial charge in [-0.1, -0.05) is 67.1 Å². The Balaban J connectivity index is 1.27. The number of hydrogen-bond donors (Lipinski definition) is 3. The number of carboxylic acid groups (broad SMARTS) is 3. The molecule has 3 N–H and O–H groups in total. The molecule has 0 aliphatic carbocycles. The summed E-state index contributed by atoms with van der Waals surface area (Å²) in [6, 6.07) is 18.3. The molecule has 3 aromatic carbocycles. The maximum absolute atomic E-state index is 14.7. The van der Waals surface area contributed by atoms with Gasteiger partial charge < -0.3 is 24.8 Å². The number of halogens is 3. The first-order valence-corrected chi connectivity index (χ1v) is 21.3. The van der Waals surface area contributed by atoms with Crippen LogP contribution in [0.1, 0.15) is 47.1 Å². The molecule has 13 nitrogen and oxygen atoms in total. The zero-order valence-corrected chi connectivity index (χ0v) is 35.5. The lowest BCUT2D eigenvalue weighted by Crippen LogP contribution is -2.48. The van der Waals surface area contributed by atoms with Crippen molar-refractivity contribution in [1.82, 2.24) is 24.5 Å². The number of alkyl halides is 3. The van der Waals surface area contributed by atoms with Gasteiger partial charge in [0.05, 0.1) is 38.4 Å². The lowest BCUT2D eigenvalue weighted by Gasteiger charge is -2.33. The minimum atomic E-state index is -4.60. The van der Waals surface area contributed by atoms with Crippen molar-refractivity contribution >= 4 is 30.1 Å². The predicted molar refractivity (Wildman–Crippen MR) is 231 cm³/mol. The highest BCUT2D eigenvalue weighted by atomic mass is 19.4. The molecule has 0 radical (unpaired) electrons. The van der Waals surface area contributed by atoms with Gasteiger partial charge in [0.15, 0.2) is 0 Å². The van der Waals surface area contributed by atoms with Crippen LogP contribution in [0.25, 0.3) is 23.3 Å². The molecule has 5 rings (SSSR count). The molecule has 2 saturated heterocycles. The number of benzene rings is 3. The molecule has 2 fully saturated rings. The normalized spacial score (nSPS) is 17.4. The van der Waals surface area contributed by atoms with E-state index in [1.54, 1.807) is 20.8 Å². The Hall–Kier alpha value is -4.84. The van der Waals surface area contributed by atoms with Crippen LogP contribution in [0.3, 0.4) is 0 Å². The average Bonchev–Trinajstić information content (AvgIpc) is 3.22. The van der Waals surface area contributed by atoms with Gasteiger partial charge in [-0.25, -0.2) is 0 Å². The van der Waals surface area contributed by atoms with Crippen molar-refractivity contribution in [2.45, 2.75) is 38.9 Å². The van der Waals surface area contributed by atoms with Crippen LogP contribution in [0.2, 0.25) is 0 Å². The summed E-state index contributed by atoms with van der Waals surface area (Å²) in [5.74, 6) is -2.65. The van der Waals surface area contributed by atoms with Gasteiger partial charge in [-0.15, -0.1) is 0 Å². The van der Waals surface area contributed by atoms with Gasteiger partial charge in [0.1, 0.15) is 12.4 Å². The zero-order valence-electron chi connectivity index (χ0n) is 35.5. The second-order valence-corrected chi connectivity index (χ2v) is 15.9. The molecule has 0 bridgehead atoms. The molecular formula is C46H60F3N5O8. The van der Waals surface area contributed by atoms with Crippen LogP contribution >= 0.6 is 0 Å². The summed E-state index contributed by atoms with van der Waals surface area (Å²) in [5.41, 5.74) is 3.50. The molecule has 2 aliphatic rings. The molecule has 0 aromatic heterocycles. The third kappa shape index (κ3) is 15.8. The minimum Gasteiger partial charge on any atom is -0.491 e. The van der Waals surface area contributed by atoms with E-state index >= 15 is 0 Å². The summed E-state index contributed by atoms with van der Waals surface area (Å²) in [4.78, 5) is 44.2. The van der Waals surface area contributed by atoms with Crippen LogP contribution in [0.15, 0.2) is 60.7 Å². The van der Waals surface area contributed by atoms with E-state index in [-0.39, 0.29) is 45.0 Å². The first-order chi connectivity index (χ1) is 29.7. The molecule has 0 atom stereocenters. The van der Waals surface area contributed by atoms with Crippen molar-refractivity contribution in [1.29, 1.82) is 0 Å². The second kappa shape index (κ2) is 24.1. The fraction of sp³-hybridized carbons (Fsp3) is 0.500. The first-order valence-electron chi connectivity index (χ1n) is 21.3. The number of nitrogens with zero attached hydrogens (tertiary/aromatic N) is 5. The van der Waals surface area contributed by atoms with E-state index in [2.05, 4.69) is 9.80 Å². The molecule has 0 saturated carbocycles. The molecule has 62 heavy (non-hydrogen) atoms. The van der Waals surface area contributed by atoms with Crippen molar-refractivity contribution in [2.75, 3.05) is 111 Å². The fourth-order valence-corrected chi connectivity index (χ4v) is 7.94. The van der Waals surface area contributed by atoms with Gasteiger partial charge in [-0.2, -0.15) is 13.2 Å². The number of hydrogen-bond acceptors (Lipinski definition) is 10. The predicted octanol–water partition coefficient (Wildman–Crippen LogP) is 5.71. The molecule has 0 amide bonds. The standard InChI is InChI=1S/C46H60F3N5O8/c1-35-36(11-8-12-40(35)37-9-4-2-5-10-37)13-14-38-30-42(39(29-41(38)46(47,48)49)31-51-15-6-3-7-16-51)62-28-27-61-26-25-50-17-19-52(32-43(55)56)21-23-54(34-45(59)60)24-22-53(20-18-50)33-44(57)58/h2,4-5,8-14,29-30H,3,6-7,15-28,31-34H2,1H3,(H,55,56)(H,57,58)(H,59,60)/b14-13+. The number of aliphatic carboxylic acids is 3. The van der Waals surface area contributed by atoms with Crippen LogP contribution < -0.4 is 4.74 Å². The van der Waals surface area contributed by atoms with Crippen LogP contribution in [-0.2, 0) is 31.8 Å². The van der Waals surface area contributed by atoms with Crippen molar-refractivity contribution in [3.05, 3.63) is 88.5 Å². The molecular weight excluding hydrogens is 808 g/mol. The molecule has 2 heterocycles. The van der Waals surface area contributed by atoms with E-state index in [9.17, 15) is 42.9 Å². The van der Waals surface area contributed by atoms with Crippen molar-refractivity contribution in [2.24, 2.45) is 0 Å². The Morgan fingerprint density at radius 2 is 1.18 bits per heavy atom. The number of rotatable bonds is 18. The van der Waals surface area contributed by atoms with E-state index in [0.29, 0.717) is 76.8 Å². The Morgan fingerprint density at radius 1 is 0.629 bits per heavy atom. The largest absolute Gasteiger partial charge is 0.491 e. The highest BCUT2D eigenvalue weighted by molar-refractivity contribution is 5.78. The Kier molecular flexibility index (Phi) is 18.8. The van der Waals surface area contributed by atoms with Gasteiger partial charge >= 0.3 is 24.1 Å².